The van der Waals surface area contributed by atoms with E-state index in [2.05, 4.69) is 22.0 Å². The van der Waals surface area contributed by atoms with Crippen LogP contribution in [-0.4, -0.2) is 44.5 Å². The summed E-state index contributed by atoms with van der Waals surface area (Å²) in [6, 6.07) is 0.611. The van der Waals surface area contributed by atoms with Gasteiger partial charge in [-0.2, -0.15) is 13.4 Å². The minimum Gasteiger partial charge on any atom is -0.324 e. The molecule has 0 amide bonds. The lowest BCUT2D eigenvalue weighted by Gasteiger charge is -2.33. The Hall–Kier alpha value is -1.15. The van der Waals surface area contributed by atoms with Gasteiger partial charge in [0.25, 0.3) is 10.1 Å². The Labute approximate surface area is 138 Å². The third-order valence-electron chi connectivity index (χ3n) is 4.43. The van der Waals surface area contributed by atoms with Crippen molar-refractivity contribution in [2.24, 2.45) is 11.8 Å². The molecule has 23 heavy (non-hydrogen) atoms. The van der Waals surface area contributed by atoms with Gasteiger partial charge in [-0.3, -0.25) is 4.18 Å². The molecule has 0 aliphatic carbocycles. The molecule has 7 nitrogen and oxygen atoms in total. The van der Waals surface area contributed by atoms with Crippen molar-refractivity contribution >= 4 is 16.1 Å². The topological polar surface area (TPSA) is 85.5 Å². The summed E-state index contributed by atoms with van der Waals surface area (Å²) in [6.07, 6.45) is 3.93. The normalized spacial score (nSPS) is 18.6. The van der Waals surface area contributed by atoms with Crippen molar-refractivity contribution in [3.05, 3.63) is 5.82 Å². The minimum absolute atomic E-state index is 0.264. The highest BCUT2D eigenvalue weighted by atomic mass is 32.2. The van der Waals surface area contributed by atoms with Crippen LogP contribution in [0.15, 0.2) is 4.52 Å². The van der Waals surface area contributed by atoms with Crippen LogP contribution in [0.25, 0.3) is 0 Å². The maximum atomic E-state index is 11.0. The third-order valence-corrected chi connectivity index (χ3v) is 5.03. The monoisotopic (exact) mass is 345 g/mol. The second kappa shape index (κ2) is 7.61. The van der Waals surface area contributed by atoms with Gasteiger partial charge in [0, 0.05) is 19.0 Å². The lowest BCUT2D eigenvalue weighted by Crippen LogP contribution is -2.36. The largest absolute Gasteiger partial charge is 0.324 e. The Morgan fingerprint density at radius 3 is 2.48 bits per heavy atom. The van der Waals surface area contributed by atoms with E-state index in [1.54, 1.807) is 0 Å². The molecule has 8 heteroatoms. The van der Waals surface area contributed by atoms with E-state index in [9.17, 15) is 8.42 Å². The molecule has 0 spiro atoms. The van der Waals surface area contributed by atoms with Crippen molar-refractivity contribution in [3.8, 4) is 0 Å². The van der Waals surface area contributed by atoms with Crippen molar-refractivity contribution < 1.29 is 17.1 Å². The van der Waals surface area contributed by atoms with Gasteiger partial charge in [-0.25, -0.2) is 0 Å². The molecule has 2 heterocycles. The van der Waals surface area contributed by atoms with Crippen molar-refractivity contribution in [1.82, 2.24) is 10.1 Å². The summed E-state index contributed by atoms with van der Waals surface area (Å²) in [6.45, 7) is 8.29. The van der Waals surface area contributed by atoms with Gasteiger partial charge in [-0.1, -0.05) is 25.9 Å². The van der Waals surface area contributed by atoms with E-state index in [1.165, 1.54) is 0 Å². The molecule has 1 aromatic rings. The van der Waals surface area contributed by atoms with E-state index in [4.69, 9.17) is 8.71 Å². The average Bonchev–Trinajstić information content (AvgIpc) is 2.96. The highest BCUT2D eigenvalue weighted by molar-refractivity contribution is 7.85. The van der Waals surface area contributed by atoms with Gasteiger partial charge < -0.3 is 9.42 Å². The lowest BCUT2D eigenvalue weighted by molar-refractivity contribution is 0.224. The third kappa shape index (κ3) is 5.46. The first-order valence-corrected chi connectivity index (χ1v) is 10.0. The van der Waals surface area contributed by atoms with E-state index in [0.29, 0.717) is 17.9 Å². The van der Waals surface area contributed by atoms with Crippen LogP contribution in [0.4, 0.5) is 6.01 Å². The van der Waals surface area contributed by atoms with Crippen LogP contribution in [-0.2, 0) is 14.3 Å². The smallest absolute Gasteiger partial charge is 0.324 e. The summed E-state index contributed by atoms with van der Waals surface area (Å²) in [5, 5.41) is 4.01. The zero-order chi connectivity index (χ0) is 17.0. The Morgan fingerprint density at radius 1 is 1.30 bits per heavy atom. The van der Waals surface area contributed by atoms with Gasteiger partial charge in [0.2, 0.25) is 0 Å². The number of nitrogens with zero attached hydrogens (tertiary/aromatic N) is 3. The summed E-state index contributed by atoms with van der Waals surface area (Å²) >= 11 is 0. The number of piperidine rings is 1. The fourth-order valence-corrected chi connectivity index (χ4v) is 3.27. The molecule has 1 aromatic heterocycles. The lowest BCUT2D eigenvalue weighted by atomic mass is 9.84. The van der Waals surface area contributed by atoms with Crippen molar-refractivity contribution in [3.63, 3.8) is 0 Å². The quantitative estimate of drug-likeness (QED) is 0.701. The van der Waals surface area contributed by atoms with E-state index < -0.39 is 10.1 Å². The molecule has 0 radical (unpaired) electrons. The van der Waals surface area contributed by atoms with Crippen LogP contribution in [0, 0.1) is 11.8 Å². The number of anilines is 1. The number of aromatic nitrogens is 2. The Morgan fingerprint density at radius 2 is 1.96 bits per heavy atom. The average molecular weight is 345 g/mol. The minimum atomic E-state index is -3.34. The molecular weight excluding hydrogens is 318 g/mol. The molecule has 2 rings (SSSR count). The van der Waals surface area contributed by atoms with Gasteiger partial charge in [-0.15, -0.1) is 0 Å². The molecule has 0 bridgehead atoms. The van der Waals surface area contributed by atoms with Crippen LogP contribution < -0.4 is 4.90 Å². The van der Waals surface area contributed by atoms with Crippen LogP contribution in [0.3, 0.4) is 0 Å². The Kier molecular flexibility index (Phi) is 6.02. The van der Waals surface area contributed by atoms with E-state index >= 15 is 0 Å². The van der Waals surface area contributed by atoms with Gasteiger partial charge in [-0.05, 0) is 31.1 Å². The molecule has 1 atom stereocenters. The van der Waals surface area contributed by atoms with Crippen molar-refractivity contribution in [2.75, 3.05) is 30.9 Å². The van der Waals surface area contributed by atoms with Gasteiger partial charge in [0.1, 0.15) is 0 Å². The van der Waals surface area contributed by atoms with Crippen LogP contribution in [0.2, 0.25) is 0 Å². The van der Waals surface area contributed by atoms with Crippen molar-refractivity contribution in [2.45, 2.75) is 46.0 Å². The standard InChI is InChI=1S/C15H27N3O4S/c1-11(2)14-16-15(22-17-14)18-8-5-13(6-9-18)12(3)7-10-21-23(4,19)20/h11-13H,5-10H2,1-4H3. The SMILES string of the molecule is CC(C)c1noc(N2CCC(C(C)CCOS(C)(=O)=O)CC2)n1. The summed E-state index contributed by atoms with van der Waals surface area (Å²) in [4.78, 5) is 6.58. The first kappa shape index (κ1) is 18.2. The second-order valence-corrected chi connectivity index (χ2v) is 8.35. The summed E-state index contributed by atoms with van der Waals surface area (Å²) in [7, 11) is -3.34. The molecule has 1 fully saturated rings. The van der Waals surface area contributed by atoms with E-state index in [1.807, 2.05) is 13.8 Å². The Bertz CT molecular complexity index is 592. The summed E-state index contributed by atoms with van der Waals surface area (Å²) in [5.74, 6) is 2.02. The van der Waals surface area contributed by atoms with E-state index in [-0.39, 0.29) is 12.5 Å². The number of hydrogen-bond acceptors (Lipinski definition) is 7. The molecule has 0 saturated carbocycles. The van der Waals surface area contributed by atoms with Crippen molar-refractivity contribution in [1.29, 1.82) is 0 Å². The van der Waals surface area contributed by atoms with Gasteiger partial charge in [0.15, 0.2) is 5.82 Å². The molecular formula is C15H27N3O4S. The predicted octanol–water partition coefficient (Wildman–Crippen LogP) is 2.41. The fourth-order valence-electron chi connectivity index (χ4n) is 2.87. The molecule has 1 aliphatic rings. The molecule has 1 saturated heterocycles. The molecule has 1 aliphatic heterocycles. The molecule has 0 N–H and O–H groups in total. The Balaban J connectivity index is 1.78. The van der Waals surface area contributed by atoms with E-state index in [0.717, 1.165) is 44.4 Å². The summed E-state index contributed by atoms with van der Waals surface area (Å²) < 4.78 is 32.1. The molecule has 0 aromatic carbocycles. The highest BCUT2D eigenvalue weighted by Crippen LogP contribution is 2.29. The number of rotatable bonds is 7. The van der Waals surface area contributed by atoms with Gasteiger partial charge >= 0.3 is 6.01 Å². The maximum absolute atomic E-state index is 11.0. The van der Waals surface area contributed by atoms with Gasteiger partial charge in [0.05, 0.1) is 12.9 Å². The van der Waals surface area contributed by atoms with Crippen LogP contribution in [0.1, 0.15) is 51.8 Å². The van der Waals surface area contributed by atoms with Crippen LogP contribution >= 0.6 is 0 Å². The zero-order valence-corrected chi connectivity index (χ0v) is 15.2. The highest BCUT2D eigenvalue weighted by Gasteiger charge is 2.26. The molecule has 1 unspecified atom stereocenters. The second-order valence-electron chi connectivity index (χ2n) is 6.71. The predicted molar refractivity (Wildman–Crippen MR) is 87.9 cm³/mol. The summed E-state index contributed by atoms with van der Waals surface area (Å²) in [5.41, 5.74) is 0. The first-order chi connectivity index (χ1) is 10.8. The first-order valence-electron chi connectivity index (χ1n) is 8.19. The zero-order valence-electron chi connectivity index (χ0n) is 14.4. The van der Waals surface area contributed by atoms with Crippen LogP contribution in [0.5, 0.6) is 0 Å². The maximum Gasteiger partial charge on any atom is 0.324 e. The fraction of sp³-hybridized carbons (Fsp3) is 0.867. The number of hydrogen-bond donors (Lipinski definition) is 0. The molecule has 132 valence electrons.